The van der Waals surface area contributed by atoms with Crippen LogP contribution in [0.2, 0.25) is 0 Å². The summed E-state index contributed by atoms with van der Waals surface area (Å²) in [4.78, 5) is 29.0. The molecule has 2 aromatic rings. The van der Waals surface area contributed by atoms with Crippen molar-refractivity contribution in [2.24, 2.45) is 5.92 Å². The average Bonchev–Trinajstić information content (AvgIpc) is 2.74. The third-order valence-corrected chi connectivity index (χ3v) is 6.51. The highest BCUT2D eigenvalue weighted by Gasteiger charge is 2.28. The first-order valence-corrected chi connectivity index (χ1v) is 11.6. The quantitative estimate of drug-likeness (QED) is 0.687. The number of piperidine rings is 1. The number of hydrogen-bond acceptors (Lipinski definition) is 6. The summed E-state index contributed by atoms with van der Waals surface area (Å²) in [5.74, 6) is 0.402. The number of ether oxygens (including phenoxy) is 1. The van der Waals surface area contributed by atoms with E-state index >= 15 is 0 Å². The van der Waals surface area contributed by atoms with E-state index in [9.17, 15) is 18.0 Å². The number of benzene rings is 1. The van der Waals surface area contributed by atoms with E-state index in [1.807, 2.05) is 12.1 Å². The molecule has 0 bridgehead atoms. The molecular formula is C20H26N4O5S. The van der Waals surface area contributed by atoms with E-state index in [1.54, 1.807) is 19.2 Å². The number of nitrogens with zero attached hydrogens (tertiary/aromatic N) is 3. The van der Waals surface area contributed by atoms with Crippen LogP contribution in [0.5, 0.6) is 5.75 Å². The number of carbonyl (C=O) groups is 1. The van der Waals surface area contributed by atoms with E-state index in [2.05, 4.69) is 10.3 Å². The monoisotopic (exact) mass is 434 g/mol. The van der Waals surface area contributed by atoms with Gasteiger partial charge in [-0.25, -0.2) is 17.7 Å². The van der Waals surface area contributed by atoms with Gasteiger partial charge in [0, 0.05) is 43.7 Å². The maximum absolute atomic E-state index is 12.4. The van der Waals surface area contributed by atoms with Crippen LogP contribution >= 0.6 is 0 Å². The van der Waals surface area contributed by atoms with Crippen molar-refractivity contribution in [3.8, 4) is 17.0 Å². The van der Waals surface area contributed by atoms with E-state index < -0.39 is 10.0 Å². The first kappa shape index (κ1) is 22.0. The molecule has 1 aromatic carbocycles. The minimum atomic E-state index is -3.21. The first-order chi connectivity index (χ1) is 14.3. The van der Waals surface area contributed by atoms with Crippen molar-refractivity contribution in [1.29, 1.82) is 0 Å². The van der Waals surface area contributed by atoms with Gasteiger partial charge in [0.2, 0.25) is 15.9 Å². The van der Waals surface area contributed by atoms with Gasteiger partial charge in [-0.2, -0.15) is 0 Å². The molecule has 30 heavy (non-hydrogen) atoms. The molecule has 1 aromatic heterocycles. The van der Waals surface area contributed by atoms with Crippen molar-refractivity contribution in [3.05, 3.63) is 47.0 Å². The molecule has 1 aliphatic heterocycles. The van der Waals surface area contributed by atoms with Gasteiger partial charge in [-0.1, -0.05) is 0 Å². The topological polar surface area (TPSA) is 111 Å². The highest BCUT2D eigenvalue weighted by molar-refractivity contribution is 7.88. The Labute approximate surface area is 175 Å². The molecule has 0 unspecified atom stereocenters. The summed E-state index contributed by atoms with van der Waals surface area (Å²) in [6.07, 6.45) is 3.64. The van der Waals surface area contributed by atoms with Gasteiger partial charge in [-0.05, 0) is 37.1 Å². The summed E-state index contributed by atoms with van der Waals surface area (Å²) in [6, 6.07) is 8.74. The normalized spacial score (nSPS) is 15.7. The molecule has 9 nitrogen and oxygen atoms in total. The predicted molar refractivity (Wildman–Crippen MR) is 113 cm³/mol. The first-order valence-electron chi connectivity index (χ1n) is 9.71. The third-order valence-electron chi connectivity index (χ3n) is 5.21. The zero-order valence-corrected chi connectivity index (χ0v) is 17.9. The lowest BCUT2D eigenvalue weighted by atomic mass is 9.97. The summed E-state index contributed by atoms with van der Waals surface area (Å²) in [5, 5.41) is 2.83. The minimum Gasteiger partial charge on any atom is -0.497 e. The molecule has 2 heterocycles. The predicted octanol–water partition coefficient (Wildman–Crippen LogP) is 0.707. The highest BCUT2D eigenvalue weighted by atomic mass is 32.2. The van der Waals surface area contributed by atoms with Gasteiger partial charge < -0.3 is 10.1 Å². The van der Waals surface area contributed by atoms with Crippen molar-refractivity contribution in [3.63, 3.8) is 0 Å². The van der Waals surface area contributed by atoms with Gasteiger partial charge in [-0.15, -0.1) is 0 Å². The van der Waals surface area contributed by atoms with Crippen LogP contribution in [0, 0.1) is 5.92 Å². The largest absolute Gasteiger partial charge is 0.497 e. The van der Waals surface area contributed by atoms with Gasteiger partial charge in [0.05, 0.1) is 25.4 Å². The lowest BCUT2D eigenvalue weighted by molar-refractivity contribution is -0.126. The van der Waals surface area contributed by atoms with Crippen molar-refractivity contribution >= 4 is 15.9 Å². The Morgan fingerprint density at radius 2 is 1.90 bits per heavy atom. The second-order valence-corrected chi connectivity index (χ2v) is 9.24. The lowest BCUT2D eigenvalue weighted by Crippen LogP contribution is -2.43. The summed E-state index contributed by atoms with van der Waals surface area (Å²) >= 11 is 0. The van der Waals surface area contributed by atoms with Crippen molar-refractivity contribution in [2.75, 3.05) is 33.0 Å². The number of rotatable bonds is 7. The van der Waals surface area contributed by atoms with Crippen LogP contribution in [-0.2, 0) is 21.4 Å². The van der Waals surface area contributed by atoms with Crippen molar-refractivity contribution < 1.29 is 17.9 Å². The Hall–Kier alpha value is -2.72. The Bertz CT molecular complexity index is 1040. The van der Waals surface area contributed by atoms with Crippen molar-refractivity contribution in [1.82, 2.24) is 19.2 Å². The number of nitrogens with one attached hydrogen (secondary N) is 1. The summed E-state index contributed by atoms with van der Waals surface area (Å²) in [7, 11) is -1.62. The van der Waals surface area contributed by atoms with Gasteiger partial charge in [0.1, 0.15) is 5.75 Å². The lowest BCUT2D eigenvalue weighted by Gasteiger charge is -2.29. The smallest absolute Gasteiger partial charge is 0.253 e. The van der Waals surface area contributed by atoms with E-state index in [0.717, 1.165) is 11.3 Å². The molecule has 0 spiro atoms. The summed E-state index contributed by atoms with van der Waals surface area (Å²) < 4.78 is 31.1. The van der Waals surface area contributed by atoms with E-state index in [0.29, 0.717) is 44.7 Å². The Morgan fingerprint density at radius 3 is 2.47 bits per heavy atom. The summed E-state index contributed by atoms with van der Waals surface area (Å²) in [6.45, 7) is 1.32. The van der Waals surface area contributed by atoms with E-state index in [4.69, 9.17) is 4.74 Å². The standard InChI is InChI=1S/C20H26N4O5S/c1-29-17-5-3-15(4-6-17)18-13-19(25)23(14-22-18)12-9-21-20(26)16-7-10-24(11-8-16)30(2,27)28/h3-6,13-14,16H,7-12H2,1-2H3,(H,21,26). The molecule has 0 radical (unpaired) electrons. The minimum absolute atomic E-state index is 0.112. The van der Waals surface area contributed by atoms with Crippen LogP contribution in [0.15, 0.2) is 41.5 Å². The molecule has 1 N–H and O–H groups in total. The Morgan fingerprint density at radius 1 is 1.23 bits per heavy atom. The number of hydrogen-bond donors (Lipinski definition) is 1. The van der Waals surface area contributed by atoms with Crippen molar-refractivity contribution in [2.45, 2.75) is 19.4 Å². The zero-order chi connectivity index (χ0) is 21.7. The van der Waals surface area contributed by atoms with Crippen LogP contribution in [-0.4, -0.2) is 61.2 Å². The van der Waals surface area contributed by atoms with Crippen LogP contribution in [0.25, 0.3) is 11.3 Å². The Balaban J connectivity index is 1.51. The molecule has 0 saturated carbocycles. The fourth-order valence-electron chi connectivity index (χ4n) is 3.41. The fraction of sp³-hybridized carbons (Fsp3) is 0.450. The molecule has 1 saturated heterocycles. The van der Waals surface area contributed by atoms with E-state index in [1.165, 1.54) is 27.5 Å². The van der Waals surface area contributed by atoms with Gasteiger partial charge in [0.25, 0.3) is 5.56 Å². The van der Waals surface area contributed by atoms with E-state index in [-0.39, 0.29) is 17.4 Å². The zero-order valence-electron chi connectivity index (χ0n) is 17.1. The second-order valence-electron chi connectivity index (χ2n) is 7.26. The molecule has 10 heteroatoms. The van der Waals surface area contributed by atoms with Gasteiger partial charge in [0.15, 0.2) is 0 Å². The maximum atomic E-state index is 12.4. The number of methoxy groups -OCH3 is 1. The van der Waals surface area contributed by atoms with Crippen LogP contribution in [0.1, 0.15) is 12.8 Å². The molecule has 1 fully saturated rings. The number of aromatic nitrogens is 2. The molecular weight excluding hydrogens is 408 g/mol. The molecule has 1 aliphatic rings. The molecule has 162 valence electrons. The van der Waals surface area contributed by atoms with Crippen LogP contribution < -0.4 is 15.6 Å². The number of carbonyl (C=O) groups excluding carboxylic acids is 1. The second kappa shape index (κ2) is 9.40. The Kier molecular flexibility index (Phi) is 6.88. The molecule has 3 rings (SSSR count). The van der Waals surface area contributed by atoms with Crippen LogP contribution in [0.3, 0.4) is 0 Å². The number of amides is 1. The highest BCUT2D eigenvalue weighted by Crippen LogP contribution is 2.20. The molecule has 1 amide bonds. The fourth-order valence-corrected chi connectivity index (χ4v) is 4.28. The van der Waals surface area contributed by atoms with Gasteiger partial charge in [-0.3, -0.25) is 14.2 Å². The van der Waals surface area contributed by atoms with Crippen LogP contribution in [0.4, 0.5) is 0 Å². The molecule has 0 aliphatic carbocycles. The number of sulfonamides is 1. The molecule has 0 atom stereocenters. The third kappa shape index (κ3) is 5.45. The summed E-state index contributed by atoms with van der Waals surface area (Å²) in [5.41, 5.74) is 1.18. The SMILES string of the molecule is COc1ccc(-c2cc(=O)n(CCNC(=O)C3CCN(S(C)(=O)=O)CC3)cn2)cc1. The average molecular weight is 435 g/mol. The van der Waals surface area contributed by atoms with Gasteiger partial charge >= 0.3 is 0 Å². The maximum Gasteiger partial charge on any atom is 0.253 e.